The first-order chi connectivity index (χ1) is 16.3. The molecular weight excluding hydrogens is 428 g/mol. The highest BCUT2D eigenvalue weighted by atomic mass is 16.5. The van der Waals surface area contributed by atoms with Crippen LogP contribution >= 0.6 is 0 Å². The molecule has 0 bridgehead atoms. The van der Waals surface area contributed by atoms with Crippen LogP contribution in [0.15, 0.2) is 41.8 Å². The number of aliphatic imine (C=N–C) groups is 1. The Hall–Kier alpha value is -2.84. The van der Waals surface area contributed by atoms with Crippen molar-refractivity contribution in [2.75, 3.05) is 32.1 Å². The van der Waals surface area contributed by atoms with Gasteiger partial charge in [0.05, 0.1) is 23.9 Å². The monoisotopic (exact) mass is 460 g/mol. The van der Waals surface area contributed by atoms with Crippen LogP contribution in [0.1, 0.15) is 45.1 Å². The molecule has 2 aliphatic carbocycles. The van der Waals surface area contributed by atoms with Crippen LogP contribution in [0.3, 0.4) is 0 Å². The maximum atomic E-state index is 10.7. The van der Waals surface area contributed by atoms with E-state index in [-0.39, 0.29) is 5.41 Å². The lowest BCUT2D eigenvalue weighted by Crippen LogP contribution is -2.53. The minimum atomic E-state index is -0.958. The van der Waals surface area contributed by atoms with Crippen molar-refractivity contribution in [3.8, 4) is 5.82 Å². The van der Waals surface area contributed by atoms with Crippen molar-refractivity contribution in [1.29, 1.82) is 0 Å². The van der Waals surface area contributed by atoms with E-state index in [1.54, 1.807) is 27.3 Å². The van der Waals surface area contributed by atoms with Gasteiger partial charge in [0.2, 0.25) is 0 Å². The van der Waals surface area contributed by atoms with Gasteiger partial charge in [-0.15, -0.1) is 0 Å². The van der Waals surface area contributed by atoms with Gasteiger partial charge >= 0.3 is 0 Å². The summed E-state index contributed by atoms with van der Waals surface area (Å²) < 4.78 is 7.71. The molecule has 8 nitrogen and oxygen atoms in total. The Morgan fingerprint density at radius 1 is 1.15 bits per heavy atom. The lowest BCUT2D eigenvalue weighted by molar-refractivity contribution is -0.138. The average molecular weight is 461 g/mol. The normalized spacial score (nSPS) is 27.9. The summed E-state index contributed by atoms with van der Waals surface area (Å²) in [6.45, 7) is 4.93. The third kappa shape index (κ3) is 2.98. The van der Waals surface area contributed by atoms with Gasteiger partial charge in [-0.3, -0.25) is 4.99 Å². The van der Waals surface area contributed by atoms with Crippen LogP contribution in [-0.4, -0.2) is 69.5 Å². The van der Waals surface area contributed by atoms with Gasteiger partial charge in [-0.1, -0.05) is 12.1 Å². The van der Waals surface area contributed by atoms with Gasteiger partial charge in [0.25, 0.3) is 0 Å². The van der Waals surface area contributed by atoms with Crippen LogP contribution in [0.5, 0.6) is 0 Å². The molecule has 6 rings (SSSR count). The van der Waals surface area contributed by atoms with E-state index in [0.29, 0.717) is 12.0 Å². The fourth-order valence-corrected chi connectivity index (χ4v) is 6.15. The summed E-state index contributed by atoms with van der Waals surface area (Å²) in [6, 6.07) is 8.63. The molecule has 1 aliphatic heterocycles. The van der Waals surface area contributed by atoms with Crippen molar-refractivity contribution in [3.05, 3.63) is 42.4 Å². The summed E-state index contributed by atoms with van der Waals surface area (Å²) in [5.74, 6) is 1.53. The van der Waals surface area contributed by atoms with Crippen LogP contribution < -0.4 is 4.90 Å². The fourth-order valence-electron chi connectivity index (χ4n) is 6.15. The topological polar surface area (TPSA) is 88.7 Å². The van der Waals surface area contributed by atoms with E-state index in [0.717, 1.165) is 35.5 Å². The highest BCUT2D eigenvalue weighted by Crippen LogP contribution is 2.78. The zero-order valence-electron chi connectivity index (χ0n) is 20.3. The minimum Gasteiger partial charge on any atom is -0.387 e. The van der Waals surface area contributed by atoms with Gasteiger partial charge in [-0.2, -0.15) is 5.10 Å². The van der Waals surface area contributed by atoms with Gasteiger partial charge in [0.15, 0.2) is 5.82 Å². The molecule has 1 spiro atoms. The standard InChI is InChI=1S/C26H32N6O2/c1-23(2,33)26(34-4)9-10-31(16-26)21-12-22(29-17-28-21)32-20-11-19(6-5-18(20)13-30-32)25(15-27-3)14-24(25)7-8-24/h5-6,11-13,15,17,33H,7-10,14,16H2,1-4H3/t25-,26?/m1/s1. The van der Waals surface area contributed by atoms with Gasteiger partial charge < -0.3 is 14.7 Å². The molecule has 3 heterocycles. The van der Waals surface area contributed by atoms with Crippen LogP contribution in [0.4, 0.5) is 5.82 Å². The first-order valence-corrected chi connectivity index (χ1v) is 12.0. The number of benzene rings is 1. The summed E-state index contributed by atoms with van der Waals surface area (Å²) in [5.41, 5.74) is 1.26. The molecule has 1 unspecified atom stereocenters. The largest absolute Gasteiger partial charge is 0.387 e. The van der Waals surface area contributed by atoms with Crippen molar-refractivity contribution in [1.82, 2.24) is 19.7 Å². The minimum absolute atomic E-state index is 0.0675. The lowest BCUT2D eigenvalue weighted by atomic mass is 9.85. The molecule has 1 aromatic carbocycles. The number of methoxy groups -OCH3 is 1. The molecule has 1 N–H and O–H groups in total. The van der Waals surface area contributed by atoms with Gasteiger partial charge in [0, 0.05) is 43.8 Å². The van der Waals surface area contributed by atoms with Crippen molar-refractivity contribution in [2.45, 2.75) is 56.1 Å². The van der Waals surface area contributed by atoms with E-state index in [2.05, 4.69) is 49.4 Å². The molecule has 8 heteroatoms. The summed E-state index contributed by atoms with van der Waals surface area (Å²) in [6.07, 6.45) is 10.1. The zero-order chi connectivity index (χ0) is 23.8. The predicted molar refractivity (Wildman–Crippen MR) is 132 cm³/mol. The summed E-state index contributed by atoms with van der Waals surface area (Å²) in [7, 11) is 3.54. The van der Waals surface area contributed by atoms with Crippen LogP contribution in [0.25, 0.3) is 16.7 Å². The molecule has 3 fully saturated rings. The molecule has 2 saturated carbocycles. The number of hydrogen-bond acceptors (Lipinski definition) is 7. The molecular formula is C26H32N6O2. The molecule has 2 atom stereocenters. The molecule has 34 heavy (non-hydrogen) atoms. The van der Waals surface area contributed by atoms with Crippen LogP contribution in [-0.2, 0) is 10.2 Å². The smallest absolute Gasteiger partial charge is 0.159 e. The lowest BCUT2D eigenvalue weighted by Gasteiger charge is -2.39. The SMILES string of the molecule is CN=C[C@@]1(c2ccc3cnn(-c4cc(N5CCC(OC)(C(C)(C)O)C5)ncn4)c3c2)CC12CC2. The Morgan fingerprint density at radius 2 is 1.94 bits per heavy atom. The second kappa shape index (κ2) is 7.09. The van der Waals surface area contributed by atoms with E-state index in [1.165, 1.54) is 24.8 Å². The number of aliphatic hydroxyl groups is 1. The van der Waals surface area contributed by atoms with E-state index >= 15 is 0 Å². The Bertz CT molecular complexity index is 1290. The van der Waals surface area contributed by atoms with E-state index in [4.69, 9.17) is 4.74 Å². The average Bonchev–Trinajstić information content (AvgIpc) is 3.58. The third-order valence-corrected chi connectivity index (χ3v) is 8.64. The number of aromatic nitrogens is 4. The first-order valence-electron chi connectivity index (χ1n) is 12.0. The maximum Gasteiger partial charge on any atom is 0.159 e. The molecule has 0 amide bonds. The number of nitrogens with zero attached hydrogens (tertiary/aromatic N) is 6. The molecule has 178 valence electrons. The summed E-state index contributed by atoms with van der Waals surface area (Å²) in [4.78, 5) is 15.7. The molecule has 3 aliphatic rings. The quantitative estimate of drug-likeness (QED) is 0.568. The predicted octanol–water partition coefficient (Wildman–Crippen LogP) is 3.30. The molecule has 3 aromatic rings. The van der Waals surface area contributed by atoms with E-state index in [1.807, 2.05) is 24.0 Å². The van der Waals surface area contributed by atoms with Crippen LogP contribution in [0, 0.1) is 5.41 Å². The third-order valence-electron chi connectivity index (χ3n) is 8.64. The van der Waals surface area contributed by atoms with Gasteiger partial charge in [-0.05, 0) is 56.6 Å². The first kappa shape index (κ1) is 21.7. The Kier molecular flexibility index (Phi) is 4.52. The van der Waals surface area contributed by atoms with Gasteiger partial charge in [-0.25, -0.2) is 14.6 Å². The molecule has 2 aromatic heterocycles. The number of anilines is 1. The number of rotatable bonds is 6. The highest BCUT2D eigenvalue weighted by molar-refractivity contribution is 5.87. The summed E-state index contributed by atoms with van der Waals surface area (Å²) in [5, 5.41) is 16.5. The highest BCUT2D eigenvalue weighted by Gasteiger charge is 2.73. The second-order valence-electron chi connectivity index (χ2n) is 10.8. The van der Waals surface area contributed by atoms with Crippen molar-refractivity contribution >= 4 is 22.9 Å². The zero-order valence-corrected chi connectivity index (χ0v) is 20.3. The molecule has 0 radical (unpaired) electrons. The van der Waals surface area contributed by atoms with Gasteiger partial charge in [0.1, 0.15) is 17.7 Å². The second-order valence-corrected chi connectivity index (χ2v) is 10.8. The van der Waals surface area contributed by atoms with Crippen molar-refractivity contribution in [2.24, 2.45) is 10.4 Å². The van der Waals surface area contributed by atoms with E-state index < -0.39 is 11.2 Å². The fraction of sp³-hybridized carbons (Fsp3) is 0.538. The maximum absolute atomic E-state index is 10.7. The Labute approximate surface area is 199 Å². The van der Waals surface area contributed by atoms with Crippen molar-refractivity contribution in [3.63, 3.8) is 0 Å². The Balaban J connectivity index is 1.35. The number of ether oxygens (including phenoxy) is 1. The summed E-state index contributed by atoms with van der Waals surface area (Å²) >= 11 is 0. The Morgan fingerprint density at radius 3 is 2.59 bits per heavy atom. The van der Waals surface area contributed by atoms with E-state index in [9.17, 15) is 5.11 Å². The van der Waals surface area contributed by atoms with Crippen molar-refractivity contribution < 1.29 is 9.84 Å². The molecule has 1 saturated heterocycles. The number of fused-ring (bicyclic) bond motifs is 1. The number of hydrogen-bond donors (Lipinski definition) is 1. The van der Waals surface area contributed by atoms with Crippen LogP contribution in [0.2, 0.25) is 0 Å².